The SMILES string of the molecule is Fc1c(F)c(F)c(-[n+]2cn3c(n2)CCC3)c(F)c1F. The van der Waals surface area contributed by atoms with Gasteiger partial charge in [0.05, 0.1) is 6.54 Å². The maximum atomic E-state index is 13.6. The number of aromatic nitrogens is 3. The number of fused-ring (bicyclic) bond motifs is 1. The van der Waals surface area contributed by atoms with E-state index in [0.29, 0.717) is 23.5 Å². The van der Waals surface area contributed by atoms with E-state index >= 15 is 0 Å². The van der Waals surface area contributed by atoms with Crippen molar-refractivity contribution in [3.63, 3.8) is 0 Å². The lowest BCUT2D eigenvalue weighted by Crippen LogP contribution is -2.36. The minimum atomic E-state index is -2.17. The third kappa shape index (κ3) is 1.62. The number of nitrogens with zero attached hydrogens (tertiary/aromatic N) is 3. The quantitative estimate of drug-likeness (QED) is 0.337. The van der Waals surface area contributed by atoms with E-state index in [4.69, 9.17) is 0 Å². The molecule has 1 aromatic heterocycles. The first-order chi connectivity index (χ1) is 9.00. The maximum Gasteiger partial charge on any atom is 0.271 e. The molecule has 0 unspecified atom stereocenters. The van der Waals surface area contributed by atoms with Crippen LogP contribution >= 0.6 is 0 Å². The second-order valence-electron chi connectivity index (χ2n) is 4.19. The molecule has 0 spiro atoms. The lowest BCUT2D eigenvalue weighted by molar-refractivity contribution is -0.661. The predicted molar refractivity (Wildman–Crippen MR) is 51.9 cm³/mol. The summed E-state index contributed by atoms with van der Waals surface area (Å²) >= 11 is 0. The number of rotatable bonds is 1. The highest BCUT2D eigenvalue weighted by molar-refractivity contribution is 5.29. The van der Waals surface area contributed by atoms with Crippen molar-refractivity contribution in [3.05, 3.63) is 41.2 Å². The number of aryl methyl sites for hydroxylation is 2. The van der Waals surface area contributed by atoms with Gasteiger partial charge >= 0.3 is 0 Å². The van der Waals surface area contributed by atoms with Crippen LogP contribution in [0.4, 0.5) is 22.0 Å². The van der Waals surface area contributed by atoms with Crippen LogP contribution in [0.25, 0.3) is 5.69 Å². The van der Waals surface area contributed by atoms with E-state index in [-0.39, 0.29) is 0 Å². The van der Waals surface area contributed by atoms with Crippen LogP contribution in [-0.2, 0) is 13.0 Å². The number of benzene rings is 1. The van der Waals surface area contributed by atoms with Crippen molar-refractivity contribution >= 4 is 0 Å². The molecule has 0 saturated carbocycles. The monoisotopic (exact) mass is 276 g/mol. The van der Waals surface area contributed by atoms with Gasteiger partial charge in [0, 0.05) is 6.42 Å². The highest BCUT2D eigenvalue weighted by Gasteiger charge is 2.32. The third-order valence-corrected chi connectivity index (χ3v) is 3.02. The molecule has 1 aliphatic heterocycles. The number of hydrogen-bond donors (Lipinski definition) is 0. The lowest BCUT2D eigenvalue weighted by atomic mass is 10.2. The summed E-state index contributed by atoms with van der Waals surface area (Å²) in [6, 6.07) is 0. The zero-order valence-electron chi connectivity index (χ0n) is 9.43. The van der Waals surface area contributed by atoms with Crippen molar-refractivity contribution in [1.82, 2.24) is 9.67 Å². The first-order valence-corrected chi connectivity index (χ1v) is 5.50. The zero-order chi connectivity index (χ0) is 13.7. The van der Waals surface area contributed by atoms with Gasteiger partial charge in [-0.05, 0) is 11.5 Å². The first-order valence-electron chi connectivity index (χ1n) is 5.50. The van der Waals surface area contributed by atoms with Gasteiger partial charge in [-0.3, -0.25) is 0 Å². The summed E-state index contributed by atoms with van der Waals surface area (Å²) in [6.07, 6.45) is 2.66. The minimum Gasteiger partial charge on any atom is -0.216 e. The van der Waals surface area contributed by atoms with Crippen LogP contribution in [0.1, 0.15) is 12.2 Å². The Hall–Kier alpha value is -1.99. The van der Waals surface area contributed by atoms with Crippen LogP contribution in [-0.4, -0.2) is 9.67 Å². The Kier molecular flexibility index (Phi) is 2.54. The average Bonchev–Trinajstić information content (AvgIpc) is 2.95. The fourth-order valence-corrected chi connectivity index (χ4v) is 2.10. The van der Waals surface area contributed by atoms with Crippen LogP contribution in [0.5, 0.6) is 0 Å². The fourth-order valence-electron chi connectivity index (χ4n) is 2.10. The average molecular weight is 276 g/mol. The molecule has 0 radical (unpaired) electrons. The smallest absolute Gasteiger partial charge is 0.216 e. The maximum absolute atomic E-state index is 13.6. The van der Waals surface area contributed by atoms with Crippen molar-refractivity contribution in [3.8, 4) is 5.69 Å². The summed E-state index contributed by atoms with van der Waals surface area (Å²) < 4.78 is 68.5. The zero-order valence-corrected chi connectivity index (χ0v) is 9.43. The molecular weight excluding hydrogens is 269 g/mol. The summed E-state index contributed by atoms with van der Waals surface area (Å²) in [7, 11) is 0. The normalized spacial score (nSPS) is 13.9. The predicted octanol–water partition coefficient (Wildman–Crippen LogP) is 1.80. The van der Waals surface area contributed by atoms with E-state index in [0.717, 1.165) is 6.42 Å². The summed E-state index contributed by atoms with van der Waals surface area (Å²) in [5, 5.41) is 3.84. The summed E-state index contributed by atoms with van der Waals surface area (Å²) in [5.74, 6) is -9.37. The highest BCUT2D eigenvalue weighted by Crippen LogP contribution is 2.23. The molecule has 0 saturated heterocycles. The fraction of sp³-hybridized carbons (Fsp3) is 0.273. The molecule has 0 aliphatic carbocycles. The van der Waals surface area contributed by atoms with Gasteiger partial charge in [0.15, 0.2) is 0 Å². The second-order valence-corrected chi connectivity index (χ2v) is 4.19. The Bertz CT molecular complexity index is 629. The molecule has 3 nitrogen and oxygen atoms in total. The van der Waals surface area contributed by atoms with Crippen LogP contribution in [0.15, 0.2) is 6.33 Å². The van der Waals surface area contributed by atoms with Gasteiger partial charge in [-0.25, -0.2) is 17.7 Å². The van der Waals surface area contributed by atoms with E-state index < -0.39 is 34.8 Å². The van der Waals surface area contributed by atoms with Crippen LogP contribution < -0.4 is 4.68 Å². The molecule has 0 atom stereocenters. The Morgan fingerprint density at radius 2 is 1.53 bits per heavy atom. The van der Waals surface area contributed by atoms with Crippen molar-refractivity contribution in [2.75, 3.05) is 0 Å². The van der Waals surface area contributed by atoms with E-state index in [1.807, 2.05) is 0 Å². The molecular formula is C11H7F5N3+. The van der Waals surface area contributed by atoms with Crippen molar-refractivity contribution < 1.29 is 26.6 Å². The first kappa shape index (κ1) is 12.1. The van der Waals surface area contributed by atoms with Crippen LogP contribution in [0.3, 0.4) is 0 Å². The molecule has 1 aromatic carbocycles. The molecule has 0 bridgehead atoms. The Morgan fingerprint density at radius 3 is 2.11 bits per heavy atom. The van der Waals surface area contributed by atoms with Crippen molar-refractivity contribution in [2.45, 2.75) is 19.4 Å². The van der Waals surface area contributed by atoms with Gasteiger partial charge < -0.3 is 0 Å². The molecule has 2 heterocycles. The molecule has 0 amide bonds. The Labute approximate surface area is 103 Å². The minimum absolute atomic E-state index is 0.545. The molecule has 1 aliphatic rings. The number of halogens is 5. The van der Waals surface area contributed by atoms with Gasteiger partial charge in [0.1, 0.15) is 0 Å². The van der Waals surface area contributed by atoms with Gasteiger partial charge in [0.25, 0.3) is 6.33 Å². The molecule has 19 heavy (non-hydrogen) atoms. The summed E-state index contributed by atoms with van der Waals surface area (Å²) in [4.78, 5) is 0. The van der Waals surface area contributed by atoms with Crippen molar-refractivity contribution in [2.24, 2.45) is 0 Å². The van der Waals surface area contributed by atoms with Crippen LogP contribution in [0, 0.1) is 29.1 Å². The van der Waals surface area contributed by atoms with Gasteiger partial charge in [0.2, 0.25) is 40.6 Å². The van der Waals surface area contributed by atoms with Crippen molar-refractivity contribution in [1.29, 1.82) is 0 Å². The summed E-state index contributed by atoms with van der Waals surface area (Å²) in [6.45, 7) is 0.602. The van der Waals surface area contributed by atoms with Gasteiger partial charge in [-0.2, -0.15) is 8.78 Å². The third-order valence-electron chi connectivity index (χ3n) is 3.02. The second kappa shape index (κ2) is 4.01. The largest absolute Gasteiger partial charge is 0.271 e. The molecule has 0 N–H and O–H groups in total. The topological polar surface area (TPSA) is 21.7 Å². The molecule has 8 heteroatoms. The highest BCUT2D eigenvalue weighted by atomic mass is 19.2. The lowest BCUT2D eigenvalue weighted by Gasteiger charge is -2.03. The van der Waals surface area contributed by atoms with E-state index in [9.17, 15) is 22.0 Å². The summed E-state index contributed by atoms with van der Waals surface area (Å²) in [5.41, 5.74) is -1.06. The van der Waals surface area contributed by atoms with Gasteiger partial charge in [-0.15, -0.1) is 0 Å². The van der Waals surface area contributed by atoms with E-state index in [1.54, 1.807) is 4.57 Å². The Balaban J connectivity index is 2.24. The van der Waals surface area contributed by atoms with Gasteiger partial charge in [-0.1, -0.05) is 4.68 Å². The van der Waals surface area contributed by atoms with E-state index in [2.05, 4.69) is 5.10 Å². The molecule has 3 rings (SSSR count). The molecule has 2 aromatic rings. The van der Waals surface area contributed by atoms with E-state index in [1.165, 1.54) is 6.33 Å². The Morgan fingerprint density at radius 1 is 0.947 bits per heavy atom. The molecule has 0 fully saturated rings. The van der Waals surface area contributed by atoms with Crippen LogP contribution in [0.2, 0.25) is 0 Å². The molecule has 100 valence electrons. The standard InChI is InChI=1S/C11H7F5N3/c12-6-7(13)9(15)11(10(16)8(6)14)19-4-18-3-1-2-5(18)17-19/h4H,1-3H2/q+1. The number of hydrogen-bond acceptors (Lipinski definition) is 1.